The van der Waals surface area contributed by atoms with Gasteiger partial charge in [0.2, 0.25) is 0 Å². The van der Waals surface area contributed by atoms with Crippen molar-refractivity contribution in [2.45, 2.75) is 169 Å². The average Bonchev–Trinajstić information content (AvgIpc) is 3.38. The van der Waals surface area contributed by atoms with Crippen molar-refractivity contribution in [3.8, 4) is 5.75 Å². The van der Waals surface area contributed by atoms with Crippen molar-refractivity contribution < 1.29 is 17.9 Å². The minimum absolute atomic E-state index is 0.0660. The summed E-state index contributed by atoms with van der Waals surface area (Å²) in [5.41, 5.74) is 11.8. The van der Waals surface area contributed by atoms with Crippen molar-refractivity contribution in [3.05, 3.63) is 243 Å². The summed E-state index contributed by atoms with van der Waals surface area (Å²) in [6, 6.07) is 56.0. The Labute approximate surface area is 481 Å². The minimum Gasteiger partial charge on any atom is -0.497 e. The maximum absolute atomic E-state index is 13.2. The Bertz CT molecular complexity index is 2570. The molecule has 1 nitrogen and oxygen atoms in total. The Morgan fingerprint density at radius 1 is 0.329 bits per heavy atom. The van der Waals surface area contributed by atoms with Gasteiger partial charge in [0.05, 0.1) is 7.11 Å². The first-order valence-corrected chi connectivity index (χ1v) is 29.4. The van der Waals surface area contributed by atoms with Crippen LogP contribution >= 0.6 is 0 Å². The van der Waals surface area contributed by atoms with Gasteiger partial charge in [0, 0.05) is 0 Å². The topological polar surface area (TPSA) is 9.23 Å². The maximum atomic E-state index is 13.2. The molecule has 0 radical (unpaired) electrons. The molecule has 0 fully saturated rings. The van der Waals surface area contributed by atoms with E-state index in [0.717, 1.165) is 82.9 Å². The number of benzene rings is 7. The SMILES string of the molecule is CC(C)CCc1ccccc1.CC(C)Cc1cccc(F)c1.CC(C)Cc1ccccc1.COc1ccc(CC(C)C)cc1.Cc1ccc(CC(C)C)c(F)c1.Cc1ccc(CC(C)C)cc1.Cc1ccc(CC(C)C)cc1F. The standard InChI is InChI=1S/2C11H15F.C11H16O.2C11H16.C10H13F.C10H14/c1-8(2)6-10-5-4-9(3)11(12)7-10;1-8(2)6-10-5-4-9(3)7-11(10)12;1-9(2)8-10-4-6-11(12-3)7-5-10;1-9(2)8-11-6-4-10(3)5-7-11;1-10(2)8-9-11-6-4-3-5-7-11;1-8(2)6-9-4-3-5-10(11)7-9;1-9(2)8-10-6-4-3-5-7-10/h2*4-5,7-8H,6H2,1-3H3;4-7,9H,8H2,1-3H3;4-7,9H,8H2,1-3H3;3-7,10H,8-9H2,1-2H3;3-5,7-8H,6H2,1-2H3;3-7,9H,8H2,1-2H3. The third-order valence-corrected chi connectivity index (χ3v) is 12.2. The molecule has 79 heavy (non-hydrogen) atoms. The van der Waals surface area contributed by atoms with Crippen LogP contribution in [-0.4, -0.2) is 7.11 Å². The Kier molecular flexibility index (Phi) is 37.1. The van der Waals surface area contributed by atoms with Crippen LogP contribution in [0.25, 0.3) is 0 Å². The fourth-order valence-electron chi connectivity index (χ4n) is 8.24. The van der Waals surface area contributed by atoms with Crippen LogP contribution in [-0.2, 0) is 44.9 Å². The fourth-order valence-corrected chi connectivity index (χ4v) is 8.24. The molecule has 0 bridgehead atoms. The van der Waals surface area contributed by atoms with E-state index in [2.05, 4.69) is 201 Å². The number of hydrogen-bond donors (Lipinski definition) is 0. The first-order valence-electron chi connectivity index (χ1n) is 29.4. The van der Waals surface area contributed by atoms with E-state index in [1.54, 1.807) is 38.3 Å². The Balaban J connectivity index is 0.000000461. The van der Waals surface area contributed by atoms with E-state index in [0.29, 0.717) is 17.8 Å². The maximum Gasteiger partial charge on any atom is 0.126 e. The van der Waals surface area contributed by atoms with Gasteiger partial charge in [-0.1, -0.05) is 236 Å². The third-order valence-electron chi connectivity index (χ3n) is 12.2. The van der Waals surface area contributed by atoms with Crippen LogP contribution in [0, 0.1) is 79.6 Å². The van der Waals surface area contributed by atoms with E-state index >= 15 is 0 Å². The molecule has 0 aliphatic carbocycles. The molecule has 0 atom stereocenters. The highest BCUT2D eigenvalue weighted by Gasteiger charge is 2.05. The molecule has 0 spiro atoms. The van der Waals surface area contributed by atoms with Gasteiger partial charge < -0.3 is 4.74 Å². The van der Waals surface area contributed by atoms with Crippen LogP contribution in [0.4, 0.5) is 13.2 Å². The van der Waals surface area contributed by atoms with E-state index in [-0.39, 0.29) is 17.5 Å². The Morgan fingerprint density at radius 2 is 0.722 bits per heavy atom. The van der Waals surface area contributed by atoms with Crippen LogP contribution < -0.4 is 4.74 Å². The molecule has 0 saturated heterocycles. The molecule has 0 unspecified atom stereocenters. The number of halogens is 3. The summed E-state index contributed by atoms with van der Waals surface area (Å²) in [6.07, 6.45) is 8.79. The Hall–Kier alpha value is -5.87. The monoisotopic (exact) mass is 1080 g/mol. The van der Waals surface area contributed by atoms with Crippen molar-refractivity contribution in [2.75, 3.05) is 7.11 Å². The summed E-state index contributed by atoms with van der Waals surface area (Å²) >= 11 is 0. The van der Waals surface area contributed by atoms with E-state index in [1.165, 1.54) is 59.6 Å². The number of hydrogen-bond acceptors (Lipinski definition) is 1. The smallest absolute Gasteiger partial charge is 0.126 e. The van der Waals surface area contributed by atoms with Crippen molar-refractivity contribution in [2.24, 2.45) is 41.4 Å². The van der Waals surface area contributed by atoms with Crippen molar-refractivity contribution in [1.29, 1.82) is 0 Å². The quantitative estimate of drug-likeness (QED) is 0.0937. The lowest BCUT2D eigenvalue weighted by atomic mass is 10.0. The fraction of sp³-hybridized carbons (Fsp3) is 0.440. The second-order valence-electron chi connectivity index (χ2n) is 24.1. The van der Waals surface area contributed by atoms with Crippen LogP contribution in [0.3, 0.4) is 0 Å². The number of methoxy groups -OCH3 is 1. The summed E-state index contributed by atoms with van der Waals surface area (Å²) in [4.78, 5) is 0. The predicted octanol–water partition coefficient (Wildman–Crippen LogP) is 21.9. The summed E-state index contributed by atoms with van der Waals surface area (Å²) < 4.78 is 43.9. The molecule has 0 amide bonds. The first kappa shape index (κ1) is 71.1. The third kappa shape index (κ3) is 37.6. The molecule has 0 heterocycles. The van der Waals surface area contributed by atoms with Crippen molar-refractivity contribution >= 4 is 0 Å². The average molecular weight is 1080 g/mol. The lowest BCUT2D eigenvalue weighted by Crippen LogP contribution is -1.97. The van der Waals surface area contributed by atoms with Crippen molar-refractivity contribution in [3.63, 3.8) is 0 Å². The molecule has 7 aromatic rings. The predicted molar refractivity (Wildman–Crippen MR) is 340 cm³/mol. The summed E-state index contributed by atoms with van der Waals surface area (Å²) in [6.45, 7) is 36.5. The molecule has 0 aromatic heterocycles. The van der Waals surface area contributed by atoms with E-state index in [9.17, 15) is 13.2 Å². The Morgan fingerprint density at radius 3 is 1.14 bits per heavy atom. The van der Waals surface area contributed by atoms with Crippen LogP contribution in [0.1, 0.15) is 159 Å². The zero-order valence-electron chi connectivity index (χ0n) is 52.4. The number of aryl methyl sites for hydroxylation is 4. The zero-order chi connectivity index (χ0) is 59.3. The molecule has 432 valence electrons. The molecule has 7 rings (SSSR count). The van der Waals surface area contributed by atoms with Gasteiger partial charge in [-0.25, -0.2) is 13.2 Å². The summed E-state index contributed by atoms with van der Waals surface area (Å²) in [5.74, 6) is 5.40. The highest BCUT2D eigenvalue weighted by molar-refractivity contribution is 5.28. The molecular formula is C75H105F3O. The van der Waals surface area contributed by atoms with Gasteiger partial charge in [-0.05, 0) is 200 Å². The number of rotatable bonds is 16. The zero-order valence-corrected chi connectivity index (χ0v) is 52.4. The van der Waals surface area contributed by atoms with Gasteiger partial charge in [0.1, 0.15) is 23.2 Å². The number of ether oxygens (including phenoxy) is 1. The molecule has 0 aliphatic heterocycles. The highest BCUT2D eigenvalue weighted by Crippen LogP contribution is 2.17. The van der Waals surface area contributed by atoms with Crippen molar-refractivity contribution in [1.82, 2.24) is 0 Å². The van der Waals surface area contributed by atoms with E-state index in [1.807, 2.05) is 49.4 Å². The lowest BCUT2D eigenvalue weighted by molar-refractivity contribution is 0.414. The van der Waals surface area contributed by atoms with Gasteiger partial charge in [0.25, 0.3) is 0 Å². The van der Waals surface area contributed by atoms with Crippen LogP contribution in [0.5, 0.6) is 5.75 Å². The molecule has 7 aromatic carbocycles. The molecule has 0 N–H and O–H groups in total. The lowest BCUT2D eigenvalue weighted by Gasteiger charge is -2.06. The molecule has 4 heteroatoms. The van der Waals surface area contributed by atoms with Gasteiger partial charge in [-0.15, -0.1) is 0 Å². The largest absolute Gasteiger partial charge is 0.497 e. The second kappa shape index (κ2) is 41.2. The minimum atomic E-state index is -0.136. The van der Waals surface area contributed by atoms with Gasteiger partial charge >= 0.3 is 0 Å². The highest BCUT2D eigenvalue weighted by atomic mass is 19.1. The van der Waals surface area contributed by atoms with Gasteiger partial charge in [-0.2, -0.15) is 0 Å². The molecule has 0 aliphatic rings. The molecule has 0 saturated carbocycles. The first-order chi connectivity index (χ1) is 37.3. The van der Waals surface area contributed by atoms with Crippen LogP contribution in [0.15, 0.2) is 170 Å². The van der Waals surface area contributed by atoms with Gasteiger partial charge in [0.15, 0.2) is 0 Å². The van der Waals surface area contributed by atoms with Gasteiger partial charge in [-0.3, -0.25) is 0 Å². The van der Waals surface area contributed by atoms with Crippen LogP contribution in [0.2, 0.25) is 0 Å². The van der Waals surface area contributed by atoms with E-state index < -0.39 is 0 Å². The summed E-state index contributed by atoms with van der Waals surface area (Å²) in [7, 11) is 1.69. The van der Waals surface area contributed by atoms with E-state index in [4.69, 9.17) is 4.74 Å². The summed E-state index contributed by atoms with van der Waals surface area (Å²) in [5, 5.41) is 0. The molecular weight excluding hydrogens is 974 g/mol. The normalized spacial score (nSPS) is 10.5. The second-order valence-corrected chi connectivity index (χ2v) is 24.1.